The molecule has 10 nitrogen and oxygen atoms in total. The van der Waals surface area contributed by atoms with Gasteiger partial charge in [-0.3, -0.25) is 10.1 Å². The van der Waals surface area contributed by atoms with Crippen LogP contribution in [0.25, 0.3) is 5.70 Å². The number of para-hydroxylation sites is 1. The number of hydrogen-bond donors (Lipinski definition) is 1. The normalized spacial score (nSPS) is 15.2. The molecule has 1 atom stereocenters. The Morgan fingerprint density at radius 1 is 1.18 bits per heavy atom. The van der Waals surface area contributed by atoms with Crippen LogP contribution in [0.5, 0.6) is 11.5 Å². The number of fused-ring (bicyclic) bond motifs is 1. The van der Waals surface area contributed by atoms with Crippen LogP contribution in [-0.2, 0) is 0 Å². The maximum absolute atomic E-state index is 11.1. The number of methoxy groups -OCH3 is 2. The quantitative estimate of drug-likeness (QED) is 0.530. The molecule has 2 heterocycles. The first kappa shape index (κ1) is 17.5. The topological polar surface area (TPSA) is 117 Å². The molecule has 0 saturated heterocycles. The molecule has 10 heteroatoms. The lowest BCUT2D eigenvalue weighted by atomic mass is 10.00. The van der Waals surface area contributed by atoms with Crippen LogP contribution in [0, 0.1) is 10.1 Å². The largest absolute Gasteiger partial charge is 0.493 e. The predicted molar refractivity (Wildman–Crippen MR) is 100 cm³/mol. The van der Waals surface area contributed by atoms with E-state index in [-0.39, 0.29) is 5.69 Å². The number of aromatic nitrogens is 4. The van der Waals surface area contributed by atoms with Crippen molar-refractivity contribution >= 4 is 17.3 Å². The first-order valence-electron chi connectivity index (χ1n) is 8.34. The summed E-state index contributed by atoms with van der Waals surface area (Å²) >= 11 is 0. The molecule has 1 aromatic heterocycles. The van der Waals surface area contributed by atoms with Crippen molar-refractivity contribution in [1.29, 1.82) is 0 Å². The maximum atomic E-state index is 11.1. The van der Waals surface area contributed by atoms with Gasteiger partial charge in [0, 0.05) is 29.0 Å². The molecule has 1 N–H and O–H groups in total. The van der Waals surface area contributed by atoms with E-state index >= 15 is 0 Å². The van der Waals surface area contributed by atoms with E-state index in [1.807, 2.05) is 18.2 Å². The lowest BCUT2D eigenvalue weighted by Crippen LogP contribution is -2.21. The molecule has 0 unspecified atom stereocenters. The third kappa shape index (κ3) is 2.90. The first-order chi connectivity index (χ1) is 13.6. The average molecular weight is 380 g/mol. The van der Waals surface area contributed by atoms with Gasteiger partial charge in [-0.1, -0.05) is 29.4 Å². The Balaban J connectivity index is 1.86. The predicted octanol–water partition coefficient (Wildman–Crippen LogP) is 2.65. The first-order valence-corrected chi connectivity index (χ1v) is 8.34. The van der Waals surface area contributed by atoms with Crippen LogP contribution in [0.1, 0.15) is 17.2 Å². The van der Waals surface area contributed by atoms with Gasteiger partial charge in [-0.25, -0.2) is 0 Å². The third-order valence-corrected chi connectivity index (χ3v) is 4.45. The van der Waals surface area contributed by atoms with Crippen molar-refractivity contribution in [3.8, 4) is 11.5 Å². The van der Waals surface area contributed by atoms with Gasteiger partial charge in [-0.05, 0) is 22.6 Å². The van der Waals surface area contributed by atoms with Crippen LogP contribution >= 0.6 is 0 Å². The standard InChI is InChI=1S/C18H16N6O4/c1-27-16-8-4-7-13(17(16)28-2)15-10-14(19-18-20-21-22-23(15)18)11-5-3-6-12(9-11)24(25)26/h3-10,15H,1-2H3,(H,19,20,22)/t15-/m0/s1. The number of allylic oxidation sites excluding steroid dienone is 1. The molecular formula is C18H16N6O4. The van der Waals surface area contributed by atoms with E-state index in [9.17, 15) is 10.1 Å². The van der Waals surface area contributed by atoms with Crippen LogP contribution < -0.4 is 14.8 Å². The summed E-state index contributed by atoms with van der Waals surface area (Å²) in [5, 5.41) is 26.1. The summed E-state index contributed by atoms with van der Waals surface area (Å²) in [5.41, 5.74) is 2.09. The molecule has 4 rings (SSSR count). The lowest BCUT2D eigenvalue weighted by molar-refractivity contribution is -0.384. The molecule has 0 amide bonds. The molecule has 1 aliphatic heterocycles. The Morgan fingerprint density at radius 3 is 2.75 bits per heavy atom. The molecule has 0 saturated carbocycles. The smallest absolute Gasteiger partial charge is 0.270 e. The fourth-order valence-corrected chi connectivity index (χ4v) is 3.18. The van der Waals surface area contributed by atoms with E-state index in [0.29, 0.717) is 28.7 Å². The molecule has 0 bridgehead atoms. The molecule has 1 aliphatic rings. The SMILES string of the molecule is COc1cccc([C@@H]2C=C(c3cccc([N+](=O)[O-])c3)Nc3nnnn32)c1OC. The van der Waals surface area contributed by atoms with E-state index in [4.69, 9.17) is 9.47 Å². The maximum Gasteiger partial charge on any atom is 0.270 e. The summed E-state index contributed by atoms with van der Waals surface area (Å²) in [7, 11) is 3.13. The minimum absolute atomic E-state index is 0.000811. The Morgan fingerprint density at radius 2 is 2.00 bits per heavy atom. The molecule has 142 valence electrons. The Bertz CT molecular complexity index is 1080. The molecule has 28 heavy (non-hydrogen) atoms. The van der Waals surface area contributed by atoms with Gasteiger partial charge in [0.2, 0.25) is 5.95 Å². The van der Waals surface area contributed by atoms with Crippen LogP contribution in [0.3, 0.4) is 0 Å². The third-order valence-electron chi connectivity index (χ3n) is 4.45. The van der Waals surface area contributed by atoms with E-state index in [1.54, 1.807) is 37.1 Å². The molecule has 0 radical (unpaired) electrons. The number of rotatable bonds is 5. The summed E-state index contributed by atoms with van der Waals surface area (Å²) in [5.74, 6) is 1.56. The second-order valence-electron chi connectivity index (χ2n) is 5.99. The van der Waals surface area contributed by atoms with Crippen molar-refractivity contribution in [1.82, 2.24) is 20.2 Å². The van der Waals surface area contributed by atoms with Gasteiger partial charge in [0.15, 0.2) is 11.5 Å². The second-order valence-corrected chi connectivity index (χ2v) is 5.99. The molecule has 0 spiro atoms. The Kier molecular flexibility index (Phi) is 4.36. The molecule has 2 aromatic carbocycles. The fourth-order valence-electron chi connectivity index (χ4n) is 3.18. The van der Waals surface area contributed by atoms with Gasteiger partial charge < -0.3 is 14.8 Å². The molecule has 3 aromatic rings. The highest BCUT2D eigenvalue weighted by molar-refractivity contribution is 5.78. The zero-order valence-corrected chi connectivity index (χ0v) is 15.1. The van der Waals surface area contributed by atoms with E-state index in [0.717, 1.165) is 5.56 Å². The van der Waals surface area contributed by atoms with Crippen molar-refractivity contribution in [3.63, 3.8) is 0 Å². The Hall–Kier alpha value is -3.95. The number of nitrogens with one attached hydrogen (secondary N) is 1. The monoisotopic (exact) mass is 380 g/mol. The number of non-ortho nitro benzene ring substituents is 1. The summed E-state index contributed by atoms with van der Waals surface area (Å²) in [4.78, 5) is 10.7. The van der Waals surface area contributed by atoms with E-state index in [1.165, 1.54) is 12.1 Å². The average Bonchev–Trinajstić information content (AvgIpc) is 3.21. The van der Waals surface area contributed by atoms with Gasteiger partial charge in [0.05, 0.1) is 19.1 Å². The Labute approximate surface area is 159 Å². The van der Waals surface area contributed by atoms with Crippen LogP contribution in [-0.4, -0.2) is 39.4 Å². The van der Waals surface area contributed by atoms with Crippen molar-refractivity contribution in [2.45, 2.75) is 6.04 Å². The summed E-state index contributed by atoms with van der Waals surface area (Å²) in [6.45, 7) is 0. The zero-order valence-electron chi connectivity index (χ0n) is 15.1. The highest BCUT2D eigenvalue weighted by Crippen LogP contribution is 2.40. The molecular weight excluding hydrogens is 364 g/mol. The number of benzene rings is 2. The summed E-state index contributed by atoms with van der Waals surface area (Å²) in [6.07, 6.45) is 1.89. The number of tetrazole rings is 1. The molecule has 0 aliphatic carbocycles. The number of nitro groups is 1. The molecule has 0 fully saturated rings. The number of nitro benzene ring substituents is 1. The minimum Gasteiger partial charge on any atom is -0.493 e. The fraction of sp³-hybridized carbons (Fsp3) is 0.167. The number of hydrogen-bond acceptors (Lipinski definition) is 8. The van der Waals surface area contributed by atoms with Gasteiger partial charge in [-0.2, -0.15) is 4.68 Å². The van der Waals surface area contributed by atoms with Crippen LogP contribution in [0.15, 0.2) is 48.5 Å². The lowest BCUT2D eigenvalue weighted by Gasteiger charge is -2.25. The second kappa shape index (κ2) is 6.99. The van der Waals surface area contributed by atoms with E-state index in [2.05, 4.69) is 20.8 Å². The van der Waals surface area contributed by atoms with Crippen LogP contribution in [0.2, 0.25) is 0 Å². The zero-order chi connectivity index (χ0) is 19.7. The van der Waals surface area contributed by atoms with Crippen molar-refractivity contribution in [2.75, 3.05) is 19.5 Å². The van der Waals surface area contributed by atoms with Crippen molar-refractivity contribution in [3.05, 3.63) is 69.8 Å². The number of ether oxygens (including phenoxy) is 2. The van der Waals surface area contributed by atoms with Crippen LogP contribution in [0.4, 0.5) is 11.6 Å². The van der Waals surface area contributed by atoms with Crippen molar-refractivity contribution in [2.24, 2.45) is 0 Å². The number of nitrogens with zero attached hydrogens (tertiary/aromatic N) is 5. The summed E-state index contributed by atoms with van der Waals surface area (Å²) in [6, 6.07) is 11.5. The minimum atomic E-state index is -0.431. The van der Waals surface area contributed by atoms with Crippen molar-refractivity contribution < 1.29 is 14.4 Å². The van der Waals surface area contributed by atoms with Gasteiger partial charge in [0.1, 0.15) is 6.04 Å². The highest BCUT2D eigenvalue weighted by Gasteiger charge is 2.28. The van der Waals surface area contributed by atoms with Gasteiger partial charge in [0.25, 0.3) is 5.69 Å². The van der Waals surface area contributed by atoms with E-state index < -0.39 is 11.0 Å². The highest BCUT2D eigenvalue weighted by atomic mass is 16.6. The van der Waals surface area contributed by atoms with Gasteiger partial charge in [-0.15, -0.1) is 0 Å². The summed E-state index contributed by atoms with van der Waals surface area (Å²) < 4.78 is 12.6. The van der Waals surface area contributed by atoms with Gasteiger partial charge >= 0.3 is 0 Å². The number of anilines is 1.